The number of halogens is 6. The summed E-state index contributed by atoms with van der Waals surface area (Å²) >= 11 is 21.8. The Labute approximate surface area is 774 Å². The van der Waals surface area contributed by atoms with Gasteiger partial charge in [-0.05, 0) is 217 Å². The monoisotopic (exact) mass is 2050 g/mol. The number of fused-ring (bicyclic) bond motifs is 6. The molecule has 18 heteroatoms. The molecule has 0 amide bonds. The van der Waals surface area contributed by atoms with Crippen LogP contribution in [0.15, 0.2) is 136 Å². The molecule has 0 radical (unpaired) electrons. The highest BCUT2D eigenvalue weighted by Gasteiger charge is 2.64. The molecule has 0 spiro atoms. The largest absolute Gasteiger partial charge is 0.488 e. The number of terminal acetylenes is 1. The molecule has 2 saturated heterocycles. The van der Waals surface area contributed by atoms with E-state index in [-0.39, 0.29) is 45.8 Å². The first-order valence-electron chi connectivity index (χ1n) is 42.9. The molecule has 0 aromatic heterocycles. The van der Waals surface area contributed by atoms with Gasteiger partial charge in [-0.2, -0.15) is 0 Å². The lowest BCUT2D eigenvalue weighted by Gasteiger charge is -2.38. The van der Waals surface area contributed by atoms with Gasteiger partial charge in [0, 0.05) is 81.8 Å². The molecule has 636 valence electrons. The van der Waals surface area contributed by atoms with Gasteiger partial charge >= 0.3 is 14.0 Å². The highest BCUT2D eigenvalue weighted by Crippen LogP contribution is 2.49. The van der Waals surface area contributed by atoms with Gasteiger partial charge in [0.1, 0.15) is 32.3 Å². The number of carbonyl (C=O) groups is 2. The summed E-state index contributed by atoms with van der Waals surface area (Å²) in [6.45, 7) is 75.1. The number of carbonyl (C=O) groups excluding carboxylic acids is 2. The Morgan fingerprint density at radius 1 is 0.328 bits per heavy atom. The fraction of sp³-hybridized carbons (Fsp3) is 0.505. The Morgan fingerprint density at radius 3 is 0.765 bits per heavy atom. The second-order valence-electron chi connectivity index (χ2n) is 38.8. The highest BCUT2D eigenvalue weighted by atomic mass is 79.9. The van der Waals surface area contributed by atoms with Gasteiger partial charge in [-0.3, -0.25) is 9.59 Å². The first-order valence-corrected chi connectivity index (χ1v) is 56.6. The summed E-state index contributed by atoms with van der Waals surface area (Å²) in [5.41, 5.74) is 27.3. The van der Waals surface area contributed by atoms with Crippen LogP contribution in [0, 0.1) is 70.0 Å². The van der Waals surface area contributed by atoms with Crippen LogP contribution in [0.5, 0.6) is 0 Å². The number of rotatable bonds is 13. The van der Waals surface area contributed by atoms with Crippen LogP contribution in [0.25, 0.3) is 43.1 Å². The molecule has 7 aromatic rings. The molecule has 2 atom stereocenters. The summed E-state index contributed by atoms with van der Waals surface area (Å²) in [5.74, 6) is 17.0. The first kappa shape index (κ1) is 102. The quantitative estimate of drug-likeness (QED) is 0.0651. The van der Waals surface area contributed by atoms with E-state index < -0.39 is 46.3 Å². The Balaban J connectivity index is 0.000000229. The van der Waals surface area contributed by atoms with Crippen molar-refractivity contribution in [1.29, 1.82) is 0 Å². The van der Waals surface area contributed by atoms with Crippen molar-refractivity contribution >= 4 is 197 Å². The van der Waals surface area contributed by atoms with Crippen LogP contribution in [0.1, 0.15) is 271 Å². The van der Waals surface area contributed by atoms with Crippen molar-refractivity contribution < 1.29 is 28.2 Å². The second kappa shape index (κ2) is 40.7. The normalized spacial score (nSPS) is 17.3. The van der Waals surface area contributed by atoms with Crippen molar-refractivity contribution in [2.75, 3.05) is 0 Å². The van der Waals surface area contributed by atoms with Crippen LogP contribution in [-0.4, -0.2) is 80.3 Å². The van der Waals surface area contributed by atoms with Crippen LogP contribution in [0.3, 0.4) is 0 Å². The van der Waals surface area contributed by atoms with E-state index in [2.05, 4.69) is 393 Å². The van der Waals surface area contributed by atoms with E-state index >= 15 is 0 Å². The van der Waals surface area contributed by atoms with Gasteiger partial charge in [-0.1, -0.05) is 328 Å². The summed E-state index contributed by atoms with van der Waals surface area (Å²) < 4.78 is 29.8. The molecule has 2 fully saturated rings. The van der Waals surface area contributed by atoms with Crippen LogP contribution in [-0.2, 0) is 18.6 Å². The minimum atomic E-state index is -1.91. The number of benzene rings is 7. The van der Waals surface area contributed by atoms with E-state index in [1.54, 1.807) is 31.2 Å². The fourth-order valence-electron chi connectivity index (χ4n) is 19.7. The van der Waals surface area contributed by atoms with Gasteiger partial charge in [-0.25, -0.2) is 0 Å². The van der Waals surface area contributed by atoms with Crippen LogP contribution in [0.2, 0.25) is 66.5 Å². The topological polar surface area (TPSA) is 71.1 Å². The number of hydrogen-bond donors (Lipinski definition) is 0. The molecule has 119 heavy (non-hydrogen) atoms. The molecule has 4 aliphatic rings. The van der Waals surface area contributed by atoms with Crippen molar-refractivity contribution in [2.24, 2.45) is 11.8 Å². The molecule has 2 heterocycles. The zero-order chi connectivity index (χ0) is 89.9. The molecule has 2 aliphatic carbocycles. The summed E-state index contributed by atoms with van der Waals surface area (Å²) in [7, 11) is -8.57. The third-order valence-electron chi connectivity index (χ3n) is 27.2. The van der Waals surface area contributed by atoms with Crippen molar-refractivity contribution in [3.63, 3.8) is 0 Å². The molecule has 2 aliphatic heterocycles. The molecule has 6 nitrogen and oxygen atoms in total. The third-order valence-corrected chi connectivity index (χ3v) is 55.4. The summed E-state index contributed by atoms with van der Waals surface area (Å²) in [5, 5.41) is 9.62. The lowest BCUT2D eigenvalue weighted by Crippen LogP contribution is -2.43. The smallest absolute Gasteiger partial charge is 0.405 e. The minimum absolute atomic E-state index is 0.0170. The van der Waals surface area contributed by atoms with Gasteiger partial charge in [0.25, 0.3) is 0 Å². The standard InChI is InChI=1S/2C36H48Br2Si2.C14H8Br2O2.C12H24B2O4.C3H4/c2*1-23(2)39(24(3)4,25(5)6)19-17-33-31-15-13-30(38)22-36(31)34(32-16-14-29(37)21-35(32)33)18-20-40(26(7)8,27(9)10)28(11)12;15-7-1-3-9-11(5-7)14(18)10-4-2-8(16)6-12(10)13(9)17;1-9(2)10(3,4)16-13(15-9)14-17-11(5,6)12(7,8)18-14;1-3-2/h2*13-16,21-28H,1-12H3;1-6,9,11H;1-8H3;1H,2H3. The van der Waals surface area contributed by atoms with Crippen molar-refractivity contribution in [3.05, 3.63) is 169 Å². The Bertz CT molecular complexity index is 4690. The van der Waals surface area contributed by atoms with E-state index in [0.717, 1.165) is 49.1 Å². The molecule has 0 N–H and O–H groups in total. The van der Waals surface area contributed by atoms with E-state index in [1.165, 1.54) is 43.1 Å². The maximum absolute atomic E-state index is 12.4. The Kier molecular flexibility index (Phi) is 34.9. The molecule has 0 bridgehead atoms. The van der Waals surface area contributed by atoms with E-state index in [9.17, 15) is 9.59 Å². The summed E-state index contributed by atoms with van der Waals surface area (Å²) in [6, 6.07) is 31.9. The maximum atomic E-state index is 12.4. The van der Waals surface area contributed by atoms with E-state index in [1.807, 2.05) is 67.5 Å². The molecule has 7 aromatic carbocycles. The van der Waals surface area contributed by atoms with Crippen molar-refractivity contribution in [1.82, 2.24) is 0 Å². The van der Waals surface area contributed by atoms with E-state index in [4.69, 9.17) is 18.6 Å². The summed E-state index contributed by atoms with van der Waals surface area (Å²) in [6.07, 6.45) is 10.0. The molecular weight excluding hydrogens is 1920 g/mol. The van der Waals surface area contributed by atoms with Crippen LogP contribution < -0.4 is 0 Å². The second-order valence-corrected chi connectivity index (χ2v) is 66.6. The van der Waals surface area contributed by atoms with Crippen LogP contribution >= 0.6 is 95.6 Å². The van der Waals surface area contributed by atoms with Gasteiger partial charge < -0.3 is 18.6 Å². The van der Waals surface area contributed by atoms with Gasteiger partial charge in [0.15, 0.2) is 11.6 Å². The number of ketones is 2. The van der Waals surface area contributed by atoms with Gasteiger partial charge in [0.2, 0.25) is 0 Å². The van der Waals surface area contributed by atoms with Gasteiger partial charge in [0.05, 0.1) is 34.2 Å². The Morgan fingerprint density at radius 2 is 0.538 bits per heavy atom. The van der Waals surface area contributed by atoms with Gasteiger partial charge in [-0.15, -0.1) is 34.5 Å². The zero-order valence-corrected chi connectivity index (χ0v) is 90.9. The third kappa shape index (κ3) is 21.1. The number of Topliss-reactive ketones (excluding diaryl/α,β-unsaturated/α-hetero) is 2. The molecule has 0 saturated carbocycles. The lowest BCUT2D eigenvalue weighted by atomic mass is 9.49. The minimum Gasteiger partial charge on any atom is -0.405 e. The summed E-state index contributed by atoms with van der Waals surface area (Å²) in [4.78, 5) is 24.8. The average molecular weight is 2060 g/mol. The lowest BCUT2D eigenvalue weighted by molar-refractivity contribution is 0.00578. The SMILES string of the molecule is C#CC.CC(C)[Si](C#Cc1c2ccc(Br)cc2c(C#C[Si](C(C)C)(C(C)C)C(C)C)c2ccc(Br)cc12)(C(C)C)C(C)C.CC(C)[Si](C#Cc1c2ccc(Br)cc2c(C#C[Si](C(C)C)(C(C)C)C(C)C)c2ccc(Br)cc12)(C(C)C)C(C)C.CC1(C)OB(B2OC(C)(C)C(C)(C)O2)OC1(C)C.O=C1c2ccc(Br)cc2C(=O)C2C=CC(Br)=CC12. The first-order chi connectivity index (χ1) is 55.1. The van der Waals surface area contributed by atoms with E-state index in [0.29, 0.717) is 77.6 Å². The van der Waals surface area contributed by atoms with Crippen molar-refractivity contribution in [3.8, 4) is 58.2 Å². The molecule has 11 rings (SSSR count). The number of hydrogen-bond acceptors (Lipinski definition) is 6. The van der Waals surface area contributed by atoms with Crippen molar-refractivity contribution in [2.45, 2.75) is 317 Å². The highest BCUT2D eigenvalue weighted by molar-refractivity contribution is 9.12. The molecular formula is C101H132B2Br6O6Si4. The predicted octanol–water partition coefficient (Wildman–Crippen LogP) is 32.1. The van der Waals surface area contributed by atoms with Crippen LogP contribution in [0.4, 0.5) is 0 Å². The zero-order valence-electron chi connectivity index (χ0n) is 77.4. The fourth-order valence-corrected chi connectivity index (χ4v) is 42.8. The Hall–Kier alpha value is -4.08. The number of allylic oxidation sites excluding steroid dienone is 4. The predicted molar refractivity (Wildman–Crippen MR) is 548 cm³/mol. The maximum Gasteiger partial charge on any atom is 0.488 e. The average Bonchev–Trinajstić information content (AvgIpc) is 0.896. The molecule has 2 unspecified atom stereocenters.